The molecule has 0 aliphatic carbocycles. The van der Waals surface area contributed by atoms with E-state index in [4.69, 9.17) is 0 Å². The third kappa shape index (κ3) is 2.89. The highest BCUT2D eigenvalue weighted by atomic mass is 32.2. The maximum Gasteiger partial charge on any atom is 0.270 e. The summed E-state index contributed by atoms with van der Waals surface area (Å²) < 4.78 is 51.6. The number of anilines is 1. The maximum atomic E-state index is 13.2. The molecule has 0 atom stereocenters. The zero-order chi connectivity index (χ0) is 16.5. The SMILES string of the molecule is CN(c1ccc(F)c(F)c1)S(=O)(=O)c1cccc([N+](=O)[O-])c1. The second kappa shape index (κ2) is 5.68. The van der Waals surface area contributed by atoms with Gasteiger partial charge in [0.1, 0.15) is 0 Å². The van der Waals surface area contributed by atoms with Crippen molar-refractivity contribution < 1.29 is 22.1 Å². The van der Waals surface area contributed by atoms with Crippen molar-refractivity contribution in [1.29, 1.82) is 0 Å². The van der Waals surface area contributed by atoms with Crippen LogP contribution in [0.3, 0.4) is 0 Å². The molecule has 0 aliphatic rings. The zero-order valence-corrected chi connectivity index (χ0v) is 12.0. The van der Waals surface area contributed by atoms with Crippen LogP contribution in [0.1, 0.15) is 0 Å². The quantitative estimate of drug-likeness (QED) is 0.638. The highest BCUT2D eigenvalue weighted by Gasteiger charge is 2.24. The average molecular weight is 328 g/mol. The molecule has 22 heavy (non-hydrogen) atoms. The monoisotopic (exact) mass is 328 g/mol. The van der Waals surface area contributed by atoms with Gasteiger partial charge < -0.3 is 0 Å². The Morgan fingerprint density at radius 2 is 1.77 bits per heavy atom. The summed E-state index contributed by atoms with van der Waals surface area (Å²) in [4.78, 5) is 9.66. The van der Waals surface area contributed by atoms with Crippen molar-refractivity contribution in [2.24, 2.45) is 0 Å². The van der Waals surface area contributed by atoms with Crippen molar-refractivity contribution in [2.45, 2.75) is 4.90 Å². The van der Waals surface area contributed by atoms with Crippen molar-refractivity contribution in [3.8, 4) is 0 Å². The standard InChI is InChI=1S/C13H10F2N2O4S/c1-16(9-5-6-12(14)13(15)8-9)22(20,21)11-4-2-3-10(7-11)17(18)19/h2-8H,1H3. The summed E-state index contributed by atoms with van der Waals surface area (Å²) in [5, 5.41) is 10.7. The molecule has 6 nitrogen and oxygen atoms in total. The summed E-state index contributed by atoms with van der Waals surface area (Å²) in [6, 6.07) is 7.06. The predicted octanol–water partition coefficient (Wildman–Crippen LogP) is 2.70. The number of hydrogen-bond donors (Lipinski definition) is 0. The van der Waals surface area contributed by atoms with E-state index in [1.807, 2.05) is 0 Å². The first-order chi connectivity index (χ1) is 10.2. The summed E-state index contributed by atoms with van der Waals surface area (Å²) in [6.45, 7) is 0. The van der Waals surface area contributed by atoms with E-state index in [0.717, 1.165) is 37.4 Å². The molecule has 0 saturated carbocycles. The molecule has 9 heteroatoms. The van der Waals surface area contributed by atoms with Crippen LogP contribution < -0.4 is 4.31 Å². The molecule has 0 unspecified atom stereocenters. The van der Waals surface area contributed by atoms with E-state index in [-0.39, 0.29) is 16.3 Å². The fraction of sp³-hybridized carbons (Fsp3) is 0.0769. The Balaban J connectivity index is 2.47. The molecule has 0 aromatic heterocycles. The zero-order valence-electron chi connectivity index (χ0n) is 11.2. The number of halogens is 2. The molecule has 0 amide bonds. The summed E-state index contributed by atoms with van der Waals surface area (Å²) in [5.74, 6) is -2.30. The van der Waals surface area contributed by atoms with Crippen LogP contribution in [0.5, 0.6) is 0 Å². The van der Waals surface area contributed by atoms with Crippen LogP contribution in [-0.2, 0) is 10.0 Å². The molecular weight excluding hydrogens is 318 g/mol. The Morgan fingerprint density at radius 1 is 1.09 bits per heavy atom. The van der Waals surface area contributed by atoms with Crippen LogP contribution in [0.25, 0.3) is 0 Å². The van der Waals surface area contributed by atoms with Gasteiger partial charge in [-0.25, -0.2) is 17.2 Å². The van der Waals surface area contributed by atoms with E-state index in [0.29, 0.717) is 4.31 Å². The minimum Gasteiger partial charge on any atom is -0.269 e. The number of nitrogens with zero attached hydrogens (tertiary/aromatic N) is 2. The third-order valence-corrected chi connectivity index (χ3v) is 4.74. The van der Waals surface area contributed by atoms with E-state index < -0.39 is 26.6 Å². The fourth-order valence-corrected chi connectivity index (χ4v) is 2.96. The van der Waals surface area contributed by atoms with Crippen LogP contribution in [-0.4, -0.2) is 20.4 Å². The van der Waals surface area contributed by atoms with E-state index >= 15 is 0 Å². The highest BCUT2D eigenvalue weighted by molar-refractivity contribution is 7.92. The lowest BCUT2D eigenvalue weighted by Gasteiger charge is -2.19. The van der Waals surface area contributed by atoms with Crippen LogP contribution in [0, 0.1) is 21.7 Å². The fourth-order valence-electron chi connectivity index (χ4n) is 1.74. The van der Waals surface area contributed by atoms with Gasteiger partial charge in [-0.2, -0.15) is 0 Å². The molecule has 0 heterocycles. The smallest absolute Gasteiger partial charge is 0.269 e. The summed E-state index contributed by atoms with van der Waals surface area (Å²) in [6.07, 6.45) is 0. The molecule has 0 spiro atoms. The van der Waals surface area contributed by atoms with Crippen LogP contribution >= 0.6 is 0 Å². The van der Waals surface area contributed by atoms with Crippen molar-refractivity contribution in [3.63, 3.8) is 0 Å². The van der Waals surface area contributed by atoms with Crippen LogP contribution in [0.4, 0.5) is 20.2 Å². The number of nitro groups is 1. The second-order valence-corrected chi connectivity index (χ2v) is 6.29. The van der Waals surface area contributed by atoms with Crippen molar-refractivity contribution >= 4 is 21.4 Å². The first-order valence-electron chi connectivity index (χ1n) is 5.92. The summed E-state index contributed by atoms with van der Waals surface area (Å²) in [7, 11) is -3.00. The van der Waals surface area contributed by atoms with Gasteiger partial charge in [-0.3, -0.25) is 14.4 Å². The number of rotatable bonds is 4. The van der Waals surface area contributed by atoms with E-state index in [9.17, 15) is 27.3 Å². The number of non-ortho nitro benzene ring substituents is 1. The van der Waals surface area contributed by atoms with Gasteiger partial charge in [0.25, 0.3) is 15.7 Å². The lowest BCUT2D eigenvalue weighted by atomic mass is 10.3. The van der Waals surface area contributed by atoms with Gasteiger partial charge in [0, 0.05) is 25.2 Å². The van der Waals surface area contributed by atoms with Gasteiger partial charge in [-0.15, -0.1) is 0 Å². The molecule has 0 saturated heterocycles. The van der Waals surface area contributed by atoms with E-state index in [2.05, 4.69) is 0 Å². The lowest BCUT2D eigenvalue weighted by Crippen LogP contribution is -2.26. The minimum atomic E-state index is -4.14. The summed E-state index contributed by atoms with van der Waals surface area (Å²) >= 11 is 0. The Hall–Kier alpha value is -2.55. The second-order valence-electron chi connectivity index (χ2n) is 4.33. The van der Waals surface area contributed by atoms with Gasteiger partial charge in [0.05, 0.1) is 15.5 Å². The predicted molar refractivity (Wildman–Crippen MR) is 75.0 cm³/mol. The molecular formula is C13H10F2N2O4S. The Labute approximate surface area is 124 Å². The third-order valence-electron chi connectivity index (χ3n) is 2.95. The lowest BCUT2D eigenvalue weighted by molar-refractivity contribution is -0.385. The van der Waals surface area contributed by atoms with Gasteiger partial charge in [0.15, 0.2) is 11.6 Å². The van der Waals surface area contributed by atoms with E-state index in [1.165, 1.54) is 12.1 Å². The van der Waals surface area contributed by atoms with Crippen molar-refractivity contribution in [1.82, 2.24) is 0 Å². The molecule has 0 radical (unpaired) electrons. The van der Waals surface area contributed by atoms with Gasteiger partial charge in [-0.1, -0.05) is 6.07 Å². The Kier molecular flexibility index (Phi) is 4.09. The molecule has 2 rings (SSSR count). The van der Waals surface area contributed by atoms with Crippen LogP contribution in [0.15, 0.2) is 47.4 Å². The van der Waals surface area contributed by atoms with Crippen LogP contribution in [0.2, 0.25) is 0 Å². The normalized spacial score (nSPS) is 11.2. The van der Waals surface area contributed by atoms with Gasteiger partial charge in [-0.05, 0) is 18.2 Å². The number of nitro benzene ring substituents is 1. The van der Waals surface area contributed by atoms with Crippen molar-refractivity contribution in [3.05, 3.63) is 64.2 Å². The average Bonchev–Trinajstić information content (AvgIpc) is 2.49. The Morgan fingerprint density at radius 3 is 2.36 bits per heavy atom. The molecule has 0 aliphatic heterocycles. The van der Waals surface area contributed by atoms with Crippen molar-refractivity contribution in [2.75, 3.05) is 11.4 Å². The number of hydrogen-bond acceptors (Lipinski definition) is 4. The largest absolute Gasteiger partial charge is 0.270 e. The molecule has 2 aromatic carbocycles. The topological polar surface area (TPSA) is 80.5 Å². The summed E-state index contributed by atoms with van der Waals surface area (Å²) in [5.41, 5.74) is -0.495. The molecule has 116 valence electrons. The number of sulfonamides is 1. The molecule has 0 bridgehead atoms. The van der Waals surface area contributed by atoms with Gasteiger partial charge >= 0.3 is 0 Å². The molecule has 2 aromatic rings. The van der Waals surface area contributed by atoms with Gasteiger partial charge in [0.2, 0.25) is 0 Å². The minimum absolute atomic E-state index is 0.106. The highest BCUT2D eigenvalue weighted by Crippen LogP contribution is 2.25. The Bertz CT molecular complexity index is 840. The number of benzene rings is 2. The van der Waals surface area contributed by atoms with E-state index in [1.54, 1.807) is 0 Å². The molecule has 0 fully saturated rings. The first-order valence-corrected chi connectivity index (χ1v) is 7.36. The first kappa shape index (κ1) is 15.8. The molecule has 0 N–H and O–H groups in total. The maximum absolute atomic E-state index is 13.2.